The van der Waals surface area contributed by atoms with E-state index in [1.54, 1.807) is 18.5 Å². The van der Waals surface area contributed by atoms with Crippen molar-refractivity contribution in [1.82, 2.24) is 4.98 Å². The Balaban J connectivity index is 2.10. The van der Waals surface area contributed by atoms with E-state index < -0.39 is 11.4 Å². The van der Waals surface area contributed by atoms with Crippen LogP contribution in [0.3, 0.4) is 0 Å². The summed E-state index contributed by atoms with van der Waals surface area (Å²) < 4.78 is 0. The standard InChI is InChI=1S/C15H21N3O3/c1-18(2)12-5-8-16-10-11(12)17-13(19)9-15(14(20)21)6-3-4-7-15/h5,8,10H,3-4,6-7,9H2,1-2H3,(H,17,19)(H,20,21). The van der Waals surface area contributed by atoms with Crippen LogP contribution in [0.5, 0.6) is 0 Å². The lowest BCUT2D eigenvalue weighted by Crippen LogP contribution is -2.33. The molecule has 0 saturated heterocycles. The van der Waals surface area contributed by atoms with Crippen molar-refractivity contribution in [3.05, 3.63) is 18.5 Å². The fraction of sp³-hybridized carbons (Fsp3) is 0.533. The van der Waals surface area contributed by atoms with Gasteiger partial charge in [0.1, 0.15) is 0 Å². The van der Waals surface area contributed by atoms with Crippen molar-refractivity contribution < 1.29 is 14.7 Å². The van der Waals surface area contributed by atoms with Crippen LogP contribution in [0.1, 0.15) is 32.1 Å². The van der Waals surface area contributed by atoms with E-state index in [9.17, 15) is 14.7 Å². The number of carboxylic acid groups (broad SMARTS) is 1. The highest BCUT2D eigenvalue weighted by Gasteiger charge is 2.43. The summed E-state index contributed by atoms with van der Waals surface area (Å²) in [7, 11) is 3.75. The maximum atomic E-state index is 12.2. The lowest BCUT2D eigenvalue weighted by Gasteiger charge is -2.23. The summed E-state index contributed by atoms with van der Waals surface area (Å²) in [5.74, 6) is -1.13. The highest BCUT2D eigenvalue weighted by molar-refractivity contribution is 5.96. The van der Waals surface area contributed by atoms with Crippen LogP contribution in [0.4, 0.5) is 11.4 Å². The number of carbonyl (C=O) groups is 2. The molecule has 0 unspecified atom stereocenters. The van der Waals surface area contributed by atoms with Gasteiger partial charge in [-0.05, 0) is 18.9 Å². The molecule has 21 heavy (non-hydrogen) atoms. The SMILES string of the molecule is CN(C)c1ccncc1NC(=O)CC1(C(=O)O)CCCC1. The minimum atomic E-state index is -0.898. The molecule has 6 nitrogen and oxygen atoms in total. The Hall–Kier alpha value is -2.11. The molecule has 1 heterocycles. The second-order valence-electron chi connectivity index (χ2n) is 5.80. The van der Waals surface area contributed by atoms with Crippen molar-refractivity contribution in [3.63, 3.8) is 0 Å². The van der Waals surface area contributed by atoms with Crippen LogP contribution >= 0.6 is 0 Å². The maximum Gasteiger partial charge on any atom is 0.310 e. The van der Waals surface area contributed by atoms with Gasteiger partial charge in [-0.2, -0.15) is 0 Å². The van der Waals surface area contributed by atoms with E-state index in [2.05, 4.69) is 10.3 Å². The second kappa shape index (κ2) is 6.11. The monoisotopic (exact) mass is 291 g/mol. The topological polar surface area (TPSA) is 82.5 Å². The lowest BCUT2D eigenvalue weighted by atomic mass is 9.82. The zero-order valence-corrected chi connectivity index (χ0v) is 12.4. The number of hydrogen-bond donors (Lipinski definition) is 2. The third kappa shape index (κ3) is 3.32. The average molecular weight is 291 g/mol. The normalized spacial score (nSPS) is 16.5. The van der Waals surface area contributed by atoms with Crippen molar-refractivity contribution in [1.29, 1.82) is 0 Å². The number of aromatic nitrogens is 1. The molecule has 1 aliphatic rings. The quantitative estimate of drug-likeness (QED) is 0.868. The molecule has 114 valence electrons. The Morgan fingerprint density at radius 2 is 2.05 bits per heavy atom. The van der Waals surface area contributed by atoms with Gasteiger partial charge in [0.25, 0.3) is 0 Å². The fourth-order valence-corrected chi connectivity index (χ4v) is 2.89. The molecule has 0 spiro atoms. The molecule has 0 atom stereocenters. The summed E-state index contributed by atoms with van der Waals surface area (Å²) in [6.45, 7) is 0. The predicted molar refractivity (Wildman–Crippen MR) is 80.3 cm³/mol. The zero-order chi connectivity index (χ0) is 15.5. The van der Waals surface area contributed by atoms with Gasteiger partial charge in [0.2, 0.25) is 5.91 Å². The van der Waals surface area contributed by atoms with E-state index in [-0.39, 0.29) is 12.3 Å². The number of hydrogen-bond acceptors (Lipinski definition) is 4. The second-order valence-corrected chi connectivity index (χ2v) is 5.80. The van der Waals surface area contributed by atoms with Crippen LogP contribution in [0.2, 0.25) is 0 Å². The Labute approximate surface area is 124 Å². The molecule has 0 aliphatic heterocycles. The van der Waals surface area contributed by atoms with Crippen LogP contribution in [-0.4, -0.2) is 36.1 Å². The van der Waals surface area contributed by atoms with Crippen molar-refractivity contribution in [2.45, 2.75) is 32.1 Å². The summed E-state index contributed by atoms with van der Waals surface area (Å²) >= 11 is 0. The van der Waals surface area contributed by atoms with Gasteiger partial charge in [-0.3, -0.25) is 14.6 Å². The van der Waals surface area contributed by atoms with Crippen LogP contribution in [0, 0.1) is 5.41 Å². The van der Waals surface area contributed by atoms with E-state index in [1.165, 1.54) is 0 Å². The first-order valence-electron chi connectivity index (χ1n) is 7.09. The van der Waals surface area contributed by atoms with Gasteiger partial charge in [-0.1, -0.05) is 12.8 Å². The Morgan fingerprint density at radius 3 is 2.62 bits per heavy atom. The number of amides is 1. The first-order chi connectivity index (χ1) is 9.94. The molecule has 0 aromatic carbocycles. The maximum absolute atomic E-state index is 12.2. The number of pyridine rings is 1. The molecule has 1 aromatic heterocycles. The molecule has 2 rings (SSSR count). The van der Waals surface area contributed by atoms with Gasteiger partial charge in [-0.25, -0.2) is 0 Å². The molecule has 1 saturated carbocycles. The van der Waals surface area contributed by atoms with Crippen LogP contribution in [-0.2, 0) is 9.59 Å². The summed E-state index contributed by atoms with van der Waals surface area (Å²) in [4.78, 5) is 29.6. The third-order valence-corrected chi connectivity index (χ3v) is 4.07. The van der Waals surface area contributed by atoms with Crippen molar-refractivity contribution in [3.8, 4) is 0 Å². The number of rotatable bonds is 5. The van der Waals surface area contributed by atoms with Gasteiger partial charge in [0.05, 0.1) is 23.0 Å². The fourth-order valence-electron chi connectivity index (χ4n) is 2.89. The summed E-state index contributed by atoms with van der Waals surface area (Å²) in [6, 6.07) is 1.80. The summed E-state index contributed by atoms with van der Waals surface area (Å²) in [6.07, 6.45) is 6.14. The largest absolute Gasteiger partial charge is 0.481 e. The van der Waals surface area contributed by atoms with Crippen LogP contribution < -0.4 is 10.2 Å². The summed E-state index contributed by atoms with van der Waals surface area (Å²) in [5.41, 5.74) is 0.546. The number of nitrogens with zero attached hydrogens (tertiary/aromatic N) is 2. The minimum Gasteiger partial charge on any atom is -0.481 e. The van der Waals surface area contributed by atoms with Gasteiger partial charge >= 0.3 is 5.97 Å². The molecule has 1 fully saturated rings. The van der Waals surface area contributed by atoms with Gasteiger partial charge in [0.15, 0.2) is 0 Å². The van der Waals surface area contributed by atoms with E-state index >= 15 is 0 Å². The van der Waals surface area contributed by atoms with Crippen LogP contribution in [0.25, 0.3) is 0 Å². The number of carboxylic acids is 1. The number of aliphatic carboxylic acids is 1. The van der Waals surface area contributed by atoms with Gasteiger partial charge in [0, 0.05) is 26.7 Å². The first kappa shape index (κ1) is 15.3. The molecule has 1 aromatic rings. The average Bonchev–Trinajstić information content (AvgIpc) is 2.88. The predicted octanol–water partition coefficient (Wildman–Crippen LogP) is 2.12. The molecule has 0 radical (unpaired) electrons. The van der Waals surface area contributed by atoms with Crippen molar-refractivity contribution in [2.75, 3.05) is 24.3 Å². The highest BCUT2D eigenvalue weighted by Crippen LogP contribution is 2.41. The smallest absolute Gasteiger partial charge is 0.310 e. The third-order valence-electron chi connectivity index (χ3n) is 4.07. The Bertz CT molecular complexity index is 537. The van der Waals surface area contributed by atoms with E-state index in [4.69, 9.17) is 0 Å². The minimum absolute atomic E-state index is 0.0180. The van der Waals surface area contributed by atoms with Crippen molar-refractivity contribution >= 4 is 23.3 Å². The number of nitrogens with one attached hydrogen (secondary N) is 1. The van der Waals surface area contributed by atoms with Gasteiger partial charge < -0.3 is 15.3 Å². The Kier molecular flexibility index (Phi) is 4.45. The number of anilines is 2. The van der Waals surface area contributed by atoms with Crippen LogP contribution in [0.15, 0.2) is 18.5 Å². The van der Waals surface area contributed by atoms with E-state index in [1.807, 2.05) is 19.0 Å². The zero-order valence-electron chi connectivity index (χ0n) is 12.4. The lowest BCUT2D eigenvalue weighted by molar-refractivity contribution is -0.150. The van der Waals surface area contributed by atoms with Crippen molar-refractivity contribution in [2.24, 2.45) is 5.41 Å². The number of carbonyl (C=O) groups excluding carboxylic acids is 1. The molecular formula is C15H21N3O3. The summed E-state index contributed by atoms with van der Waals surface area (Å²) in [5, 5.41) is 12.2. The molecule has 6 heteroatoms. The first-order valence-corrected chi connectivity index (χ1v) is 7.09. The molecule has 1 amide bonds. The highest BCUT2D eigenvalue weighted by atomic mass is 16.4. The van der Waals surface area contributed by atoms with E-state index in [0.717, 1.165) is 18.5 Å². The molecule has 1 aliphatic carbocycles. The Morgan fingerprint density at radius 1 is 1.38 bits per heavy atom. The van der Waals surface area contributed by atoms with E-state index in [0.29, 0.717) is 18.5 Å². The van der Waals surface area contributed by atoms with Gasteiger partial charge in [-0.15, -0.1) is 0 Å². The molecule has 2 N–H and O–H groups in total. The molecular weight excluding hydrogens is 270 g/mol. The molecule has 0 bridgehead atoms.